The number of nitrogens with one attached hydrogen (secondary N) is 1. The van der Waals surface area contributed by atoms with Crippen LogP contribution in [0.5, 0.6) is 5.75 Å². The molecule has 0 heterocycles. The van der Waals surface area contributed by atoms with Crippen LogP contribution in [-0.4, -0.2) is 13.7 Å². The number of hydrogen-bond acceptors (Lipinski definition) is 2. The average molecular weight is 296 g/mol. The third kappa shape index (κ3) is 4.13. The molecular weight excluding hydrogens is 270 g/mol. The van der Waals surface area contributed by atoms with E-state index >= 15 is 0 Å². The molecule has 1 aliphatic carbocycles. The molecule has 0 radical (unpaired) electrons. The second kappa shape index (κ2) is 7.90. The zero-order valence-electron chi connectivity index (χ0n) is 12.6. The first-order valence-corrected chi connectivity index (χ1v) is 8.19. The molecule has 112 valence electrons. The van der Waals surface area contributed by atoms with E-state index in [0.717, 1.165) is 29.7 Å². The van der Waals surface area contributed by atoms with Crippen LogP contribution in [0.4, 0.5) is 0 Å². The lowest BCUT2D eigenvalue weighted by molar-refractivity contribution is 0.367. The van der Waals surface area contributed by atoms with Crippen molar-refractivity contribution in [2.75, 3.05) is 13.7 Å². The van der Waals surface area contributed by atoms with Crippen LogP contribution < -0.4 is 10.1 Å². The fourth-order valence-electron chi connectivity index (χ4n) is 3.20. The highest BCUT2D eigenvalue weighted by Crippen LogP contribution is 2.36. The number of rotatable bonds is 7. The van der Waals surface area contributed by atoms with Crippen LogP contribution in [0.25, 0.3) is 0 Å². The number of ether oxygens (including phenoxy) is 1. The highest BCUT2D eigenvalue weighted by atomic mass is 35.5. The third-order valence-electron chi connectivity index (χ3n) is 4.25. The van der Waals surface area contributed by atoms with Gasteiger partial charge in [0.1, 0.15) is 5.75 Å². The number of halogens is 1. The van der Waals surface area contributed by atoms with Gasteiger partial charge in [0.15, 0.2) is 0 Å². The van der Waals surface area contributed by atoms with Gasteiger partial charge in [0.25, 0.3) is 0 Å². The Hall–Kier alpha value is -0.730. The van der Waals surface area contributed by atoms with Crippen LogP contribution in [0.2, 0.25) is 5.02 Å². The van der Waals surface area contributed by atoms with E-state index in [-0.39, 0.29) is 0 Å². The van der Waals surface area contributed by atoms with Gasteiger partial charge in [-0.15, -0.1) is 0 Å². The number of methoxy groups -OCH3 is 1. The summed E-state index contributed by atoms with van der Waals surface area (Å²) in [4.78, 5) is 0. The van der Waals surface area contributed by atoms with E-state index in [1.165, 1.54) is 37.7 Å². The Bertz CT molecular complexity index is 415. The molecule has 20 heavy (non-hydrogen) atoms. The van der Waals surface area contributed by atoms with E-state index in [1.54, 1.807) is 7.11 Å². The van der Waals surface area contributed by atoms with E-state index in [2.05, 4.69) is 18.3 Å². The molecule has 1 fully saturated rings. The maximum atomic E-state index is 6.19. The molecule has 0 aromatic heterocycles. The standard InChI is InChI=1S/C17H26ClNO/c1-3-10-19-16(11-13-6-4-5-7-13)15-12-14(18)8-9-17(15)20-2/h8-9,12-13,16,19H,3-7,10-11H2,1-2H3. The van der Waals surface area contributed by atoms with Gasteiger partial charge in [-0.2, -0.15) is 0 Å². The van der Waals surface area contributed by atoms with Gasteiger partial charge in [0.2, 0.25) is 0 Å². The SMILES string of the molecule is CCCNC(CC1CCCC1)c1cc(Cl)ccc1OC. The highest BCUT2D eigenvalue weighted by Gasteiger charge is 2.23. The Morgan fingerprint density at radius 1 is 1.35 bits per heavy atom. The summed E-state index contributed by atoms with van der Waals surface area (Å²) in [6.07, 6.45) is 7.84. The molecule has 1 atom stereocenters. The fourth-order valence-corrected chi connectivity index (χ4v) is 3.38. The Kier molecular flexibility index (Phi) is 6.18. The summed E-state index contributed by atoms with van der Waals surface area (Å²) in [6.45, 7) is 3.24. The number of benzene rings is 1. The van der Waals surface area contributed by atoms with Crippen LogP contribution in [-0.2, 0) is 0 Å². The molecule has 1 unspecified atom stereocenters. The predicted molar refractivity (Wildman–Crippen MR) is 85.6 cm³/mol. The van der Waals surface area contributed by atoms with Gasteiger partial charge < -0.3 is 10.1 Å². The van der Waals surface area contributed by atoms with Crippen molar-refractivity contribution in [3.05, 3.63) is 28.8 Å². The molecular formula is C17H26ClNO. The molecule has 1 saturated carbocycles. The molecule has 0 saturated heterocycles. The largest absolute Gasteiger partial charge is 0.496 e. The lowest BCUT2D eigenvalue weighted by Gasteiger charge is -2.24. The van der Waals surface area contributed by atoms with E-state index in [1.807, 2.05) is 12.1 Å². The van der Waals surface area contributed by atoms with E-state index in [4.69, 9.17) is 16.3 Å². The molecule has 0 bridgehead atoms. The van der Waals surface area contributed by atoms with E-state index in [0.29, 0.717) is 6.04 Å². The van der Waals surface area contributed by atoms with Gasteiger partial charge in [0.05, 0.1) is 7.11 Å². The van der Waals surface area contributed by atoms with Gasteiger partial charge in [0, 0.05) is 16.6 Å². The lowest BCUT2D eigenvalue weighted by atomic mass is 9.93. The second-order valence-corrected chi connectivity index (χ2v) is 6.22. The second-order valence-electron chi connectivity index (χ2n) is 5.78. The van der Waals surface area contributed by atoms with E-state index < -0.39 is 0 Å². The highest BCUT2D eigenvalue weighted by molar-refractivity contribution is 6.30. The topological polar surface area (TPSA) is 21.3 Å². The minimum Gasteiger partial charge on any atom is -0.496 e. The van der Waals surface area contributed by atoms with Crippen molar-refractivity contribution in [2.24, 2.45) is 5.92 Å². The van der Waals surface area contributed by atoms with Crippen molar-refractivity contribution in [1.82, 2.24) is 5.32 Å². The molecule has 0 spiro atoms. The van der Waals surface area contributed by atoms with Gasteiger partial charge in [-0.25, -0.2) is 0 Å². The van der Waals surface area contributed by atoms with Gasteiger partial charge in [-0.3, -0.25) is 0 Å². The molecule has 1 N–H and O–H groups in total. The van der Waals surface area contributed by atoms with Crippen LogP contribution in [0, 0.1) is 5.92 Å². The Balaban J connectivity index is 2.17. The molecule has 1 aromatic carbocycles. The fraction of sp³-hybridized carbons (Fsp3) is 0.647. The van der Waals surface area contributed by atoms with Crippen molar-refractivity contribution in [3.63, 3.8) is 0 Å². The normalized spacial score (nSPS) is 17.4. The first-order chi connectivity index (χ1) is 9.74. The third-order valence-corrected chi connectivity index (χ3v) is 4.49. The maximum absolute atomic E-state index is 6.19. The van der Waals surface area contributed by atoms with Gasteiger partial charge in [-0.05, 0) is 43.5 Å². The summed E-state index contributed by atoms with van der Waals surface area (Å²) in [5, 5.41) is 4.46. The summed E-state index contributed by atoms with van der Waals surface area (Å²) in [5.41, 5.74) is 1.21. The summed E-state index contributed by atoms with van der Waals surface area (Å²) in [7, 11) is 1.74. The molecule has 2 rings (SSSR count). The molecule has 3 heteroatoms. The minimum atomic E-state index is 0.353. The van der Waals surface area contributed by atoms with Crippen molar-refractivity contribution in [2.45, 2.75) is 51.5 Å². The Morgan fingerprint density at radius 2 is 2.10 bits per heavy atom. The summed E-state index contributed by atoms with van der Waals surface area (Å²) >= 11 is 6.19. The van der Waals surface area contributed by atoms with Crippen molar-refractivity contribution in [3.8, 4) is 5.75 Å². The molecule has 0 aliphatic heterocycles. The average Bonchev–Trinajstić information content (AvgIpc) is 2.96. The molecule has 1 aliphatic rings. The monoisotopic (exact) mass is 295 g/mol. The smallest absolute Gasteiger partial charge is 0.123 e. The van der Waals surface area contributed by atoms with E-state index in [9.17, 15) is 0 Å². The number of hydrogen-bond donors (Lipinski definition) is 1. The summed E-state index contributed by atoms with van der Waals surface area (Å²) in [5.74, 6) is 1.79. The zero-order chi connectivity index (χ0) is 14.4. The molecule has 0 amide bonds. The molecule has 2 nitrogen and oxygen atoms in total. The first kappa shape index (κ1) is 15.7. The van der Waals surface area contributed by atoms with Crippen molar-refractivity contribution in [1.29, 1.82) is 0 Å². The Morgan fingerprint density at radius 3 is 2.75 bits per heavy atom. The molecule has 1 aromatic rings. The maximum Gasteiger partial charge on any atom is 0.123 e. The van der Waals surface area contributed by atoms with Crippen LogP contribution >= 0.6 is 11.6 Å². The first-order valence-electron chi connectivity index (χ1n) is 7.81. The quantitative estimate of drug-likeness (QED) is 0.767. The van der Waals surface area contributed by atoms with Crippen molar-refractivity contribution < 1.29 is 4.74 Å². The predicted octanol–water partition coefficient (Wildman–Crippen LogP) is 4.97. The van der Waals surface area contributed by atoms with Gasteiger partial charge in [-0.1, -0.05) is 44.2 Å². The van der Waals surface area contributed by atoms with Crippen LogP contribution in [0.1, 0.15) is 57.1 Å². The zero-order valence-corrected chi connectivity index (χ0v) is 13.4. The lowest BCUT2D eigenvalue weighted by Crippen LogP contribution is -2.24. The van der Waals surface area contributed by atoms with Crippen molar-refractivity contribution >= 4 is 11.6 Å². The Labute approximate surface area is 127 Å². The summed E-state index contributed by atoms with van der Waals surface area (Å²) < 4.78 is 5.53. The summed E-state index contributed by atoms with van der Waals surface area (Å²) in [6, 6.07) is 6.29. The van der Waals surface area contributed by atoms with Crippen LogP contribution in [0.15, 0.2) is 18.2 Å². The minimum absolute atomic E-state index is 0.353. The van der Waals surface area contributed by atoms with Crippen LogP contribution in [0.3, 0.4) is 0 Å². The van der Waals surface area contributed by atoms with Gasteiger partial charge >= 0.3 is 0 Å².